The van der Waals surface area contributed by atoms with Crippen LogP contribution in [0.25, 0.3) is 0 Å². The third kappa shape index (κ3) is 2.17. The van der Waals surface area contributed by atoms with Crippen molar-refractivity contribution in [3.05, 3.63) is 32.8 Å². The lowest BCUT2D eigenvalue weighted by Crippen LogP contribution is -2.06. The van der Waals surface area contributed by atoms with Gasteiger partial charge in [0.05, 0.1) is 10.6 Å². The van der Waals surface area contributed by atoms with Gasteiger partial charge in [0.25, 0.3) is 0 Å². The first kappa shape index (κ1) is 10.9. The van der Waals surface area contributed by atoms with Crippen molar-refractivity contribution in [3.63, 3.8) is 0 Å². The van der Waals surface area contributed by atoms with Crippen molar-refractivity contribution in [3.8, 4) is 0 Å². The molecule has 0 unspecified atom stereocenters. The van der Waals surface area contributed by atoms with Crippen molar-refractivity contribution in [1.29, 1.82) is 0 Å². The van der Waals surface area contributed by atoms with E-state index in [9.17, 15) is 13.2 Å². The van der Waals surface area contributed by atoms with E-state index in [0.29, 0.717) is 10.0 Å². The van der Waals surface area contributed by atoms with E-state index in [4.69, 9.17) is 11.6 Å². The van der Waals surface area contributed by atoms with Crippen LogP contribution in [-0.4, -0.2) is 0 Å². The van der Waals surface area contributed by atoms with Gasteiger partial charge in [0, 0.05) is 4.47 Å². The van der Waals surface area contributed by atoms with Crippen LogP contribution in [0.2, 0.25) is 5.02 Å². The first-order valence-corrected chi connectivity index (χ1v) is 4.53. The molecule has 13 heavy (non-hydrogen) atoms. The number of halogens is 5. The van der Waals surface area contributed by atoms with Gasteiger partial charge in [0.2, 0.25) is 0 Å². The molecule has 1 aromatic rings. The van der Waals surface area contributed by atoms with Crippen molar-refractivity contribution >= 4 is 27.5 Å². The average molecular weight is 273 g/mol. The highest BCUT2D eigenvalue weighted by Crippen LogP contribution is 2.38. The number of alkyl halides is 3. The molecule has 0 N–H and O–H groups in total. The predicted molar refractivity (Wildman–Crippen MR) is 48.9 cm³/mol. The summed E-state index contributed by atoms with van der Waals surface area (Å²) in [6, 6.07) is 2.30. The molecule has 0 saturated heterocycles. The van der Waals surface area contributed by atoms with E-state index in [1.54, 1.807) is 0 Å². The van der Waals surface area contributed by atoms with Crippen LogP contribution in [0.3, 0.4) is 0 Å². The fraction of sp³-hybridized carbons (Fsp3) is 0.250. The van der Waals surface area contributed by atoms with E-state index in [1.807, 2.05) is 0 Å². The van der Waals surface area contributed by atoms with Gasteiger partial charge in [0.1, 0.15) is 0 Å². The lowest BCUT2D eigenvalue weighted by atomic mass is 10.1. The summed E-state index contributed by atoms with van der Waals surface area (Å²) in [6.45, 7) is 1.53. The Morgan fingerprint density at radius 3 is 2.31 bits per heavy atom. The molecule has 0 spiro atoms. The molecule has 1 rings (SSSR count). The molecule has 0 aliphatic carbocycles. The van der Waals surface area contributed by atoms with Crippen molar-refractivity contribution in [2.75, 3.05) is 0 Å². The molecule has 0 bridgehead atoms. The molecule has 0 saturated carbocycles. The average Bonchev–Trinajstić information content (AvgIpc) is 1.98. The Bertz CT molecular complexity index is 333. The SMILES string of the molecule is Cc1c(Br)ccc(C(F)(F)F)c1Cl. The van der Waals surface area contributed by atoms with Crippen LogP contribution in [0.4, 0.5) is 13.2 Å². The van der Waals surface area contributed by atoms with Crippen LogP contribution in [0.1, 0.15) is 11.1 Å². The van der Waals surface area contributed by atoms with Crippen LogP contribution in [0, 0.1) is 6.92 Å². The molecular formula is C8H5BrClF3. The summed E-state index contributed by atoms with van der Waals surface area (Å²) in [5, 5.41) is -0.248. The van der Waals surface area contributed by atoms with Gasteiger partial charge >= 0.3 is 6.18 Å². The molecule has 0 amide bonds. The standard InChI is InChI=1S/C8H5BrClF3/c1-4-6(9)3-2-5(7(4)10)8(11,12)13/h2-3H,1H3. The van der Waals surface area contributed by atoms with Gasteiger partial charge in [-0.3, -0.25) is 0 Å². The van der Waals surface area contributed by atoms with E-state index in [2.05, 4.69) is 15.9 Å². The maximum atomic E-state index is 12.3. The minimum absolute atomic E-state index is 0.248. The minimum Gasteiger partial charge on any atom is -0.166 e. The normalized spacial score (nSPS) is 11.8. The quantitative estimate of drug-likeness (QED) is 0.656. The van der Waals surface area contributed by atoms with Crippen LogP contribution >= 0.6 is 27.5 Å². The smallest absolute Gasteiger partial charge is 0.166 e. The van der Waals surface area contributed by atoms with E-state index < -0.39 is 11.7 Å². The minimum atomic E-state index is -4.39. The third-order valence-corrected chi connectivity index (χ3v) is 2.97. The van der Waals surface area contributed by atoms with Gasteiger partial charge in [0.15, 0.2) is 0 Å². The molecule has 1 aromatic carbocycles. The molecule has 0 radical (unpaired) electrons. The Labute approximate surface area is 86.8 Å². The Hall–Kier alpha value is -0.220. The number of benzene rings is 1. The largest absolute Gasteiger partial charge is 0.417 e. The molecule has 72 valence electrons. The maximum Gasteiger partial charge on any atom is 0.417 e. The number of rotatable bonds is 0. The second-order valence-corrected chi connectivity index (χ2v) is 3.76. The molecular weight excluding hydrogens is 268 g/mol. The van der Waals surface area contributed by atoms with Crippen molar-refractivity contribution in [2.45, 2.75) is 13.1 Å². The third-order valence-electron chi connectivity index (χ3n) is 1.63. The second kappa shape index (κ2) is 3.50. The maximum absolute atomic E-state index is 12.3. The van der Waals surface area contributed by atoms with Crippen molar-refractivity contribution in [1.82, 2.24) is 0 Å². The molecule has 5 heteroatoms. The van der Waals surface area contributed by atoms with Gasteiger partial charge in [-0.1, -0.05) is 27.5 Å². The van der Waals surface area contributed by atoms with E-state index >= 15 is 0 Å². The summed E-state index contributed by atoms with van der Waals surface area (Å²) in [7, 11) is 0. The zero-order valence-corrected chi connectivity index (χ0v) is 8.89. The summed E-state index contributed by atoms with van der Waals surface area (Å²) < 4.78 is 37.4. The highest BCUT2D eigenvalue weighted by Gasteiger charge is 2.33. The summed E-state index contributed by atoms with van der Waals surface area (Å²) in [6.07, 6.45) is -4.39. The number of hydrogen-bond acceptors (Lipinski definition) is 0. The van der Waals surface area contributed by atoms with Gasteiger partial charge < -0.3 is 0 Å². The van der Waals surface area contributed by atoms with Gasteiger partial charge in [-0.2, -0.15) is 13.2 Å². The molecule has 0 aromatic heterocycles. The van der Waals surface area contributed by atoms with E-state index in [0.717, 1.165) is 6.07 Å². The molecule has 0 aliphatic heterocycles. The molecule has 0 heterocycles. The van der Waals surface area contributed by atoms with Crippen LogP contribution in [0.15, 0.2) is 16.6 Å². The molecule has 0 atom stereocenters. The molecule has 0 aliphatic rings. The fourth-order valence-electron chi connectivity index (χ4n) is 0.880. The lowest BCUT2D eigenvalue weighted by Gasteiger charge is -2.11. The molecule has 0 fully saturated rings. The van der Waals surface area contributed by atoms with E-state index in [-0.39, 0.29) is 5.02 Å². The highest BCUT2D eigenvalue weighted by atomic mass is 79.9. The van der Waals surface area contributed by atoms with E-state index in [1.165, 1.54) is 13.0 Å². The Morgan fingerprint density at radius 2 is 1.85 bits per heavy atom. The molecule has 0 nitrogen and oxygen atoms in total. The van der Waals surface area contributed by atoms with Crippen LogP contribution < -0.4 is 0 Å². The summed E-state index contributed by atoms with van der Waals surface area (Å²) >= 11 is 8.63. The second-order valence-electron chi connectivity index (χ2n) is 2.53. The summed E-state index contributed by atoms with van der Waals surface area (Å²) in [5.74, 6) is 0. The Kier molecular flexibility index (Phi) is 2.92. The van der Waals surface area contributed by atoms with Gasteiger partial charge in [-0.25, -0.2) is 0 Å². The topological polar surface area (TPSA) is 0 Å². The highest BCUT2D eigenvalue weighted by molar-refractivity contribution is 9.10. The number of hydrogen-bond donors (Lipinski definition) is 0. The van der Waals surface area contributed by atoms with Crippen LogP contribution in [0.5, 0.6) is 0 Å². The Morgan fingerprint density at radius 1 is 1.31 bits per heavy atom. The summed E-state index contributed by atoms with van der Waals surface area (Å²) in [5.41, 5.74) is -0.397. The first-order chi connectivity index (χ1) is 5.84. The van der Waals surface area contributed by atoms with Crippen molar-refractivity contribution < 1.29 is 13.2 Å². The predicted octanol–water partition coefficient (Wildman–Crippen LogP) is 4.43. The Balaban J connectivity index is 3.35. The van der Waals surface area contributed by atoms with Crippen LogP contribution in [-0.2, 0) is 6.18 Å². The van der Waals surface area contributed by atoms with Gasteiger partial charge in [-0.15, -0.1) is 0 Å². The van der Waals surface area contributed by atoms with Crippen molar-refractivity contribution in [2.24, 2.45) is 0 Å². The zero-order valence-electron chi connectivity index (χ0n) is 6.54. The summed E-state index contributed by atoms with van der Waals surface area (Å²) in [4.78, 5) is 0. The zero-order chi connectivity index (χ0) is 10.2. The first-order valence-electron chi connectivity index (χ1n) is 3.36. The monoisotopic (exact) mass is 272 g/mol. The fourth-order valence-corrected chi connectivity index (χ4v) is 1.60. The lowest BCUT2D eigenvalue weighted by molar-refractivity contribution is -0.137. The van der Waals surface area contributed by atoms with Gasteiger partial charge in [-0.05, 0) is 24.6 Å².